The number of halogens is 1. The molecule has 1 aromatic heterocycles. The number of hydrogen-bond donors (Lipinski definition) is 2. The summed E-state index contributed by atoms with van der Waals surface area (Å²) in [5, 5.41) is 0.802. The van der Waals surface area contributed by atoms with E-state index < -0.39 is 0 Å². The van der Waals surface area contributed by atoms with Gasteiger partial charge in [0.25, 0.3) is 0 Å². The number of fused-ring (bicyclic) bond motifs is 1. The summed E-state index contributed by atoms with van der Waals surface area (Å²) in [5.41, 5.74) is 8.42. The van der Waals surface area contributed by atoms with E-state index in [9.17, 15) is 4.39 Å². The lowest BCUT2D eigenvalue weighted by atomic mass is 10.1. The summed E-state index contributed by atoms with van der Waals surface area (Å²) < 4.78 is 13.3. The van der Waals surface area contributed by atoms with Gasteiger partial charge in [-0.3, -0.25) is 0 Å². The molecule has 1 heterocycles. The quantitative estimate of drug-likeness (QED) is 0.773. The van der Waals surface area contributed by atoms with Gasteiger partial charge in [0.15, 0.2) is 5.16 Å². The van der Waals surface area contributed by atoms with Gasteiger partial charge in [-0.2, -0.15) is 0 Å². The van der Waals surface area contributed by atoms with Gasteiger partial charge in [0.05, 0.1) is 11.0 Å². The van der Waals surface area contributed by atoms with E-state index in [1.807, 2.05) is 24.3 Å². The molecule has 3 nitrogen and oxygen atoms in total. The Labute approximate surface area is 120 Å². The predicted octanol–water partition coefficient (Wildman–Crippen LogP) is 3.35. The van der Waals surface area contributed by atoms with Crippen molar-refractivity contribution in [2.45, 2.75) is 16.5 Å². The van der Waals surface area contributed by atoms with Gasteiger partial charge in [0, 0.05) is 4.90 Å². The highest BCUT2D eigenvalue weighted by atomic mass is 32.2. The maximum atomic E-state index is 13.3. The number of aromatic amines is 1. The molecule has 0 spiro atoms. The van der Waals surface area contributed by atoms with Crippen LogP contribution < -0.4 is 5.73 Å². The molecule has 0 fully saturated rings. The zero-order chi connectivity index (χ0) is 13.9. The van der Waals surface area contributed by atoms with E-state index in [2.05, 4.69) is 9.97 Å². The summed E-state index contributed by atoms with van der Waals surface area (Å²) in [6.45, 7) is 0.497. The highest BCUT2D eigenvalue weighted by Gasteiger charge is 2.09. The smallest absolute Gasteiger partial charge is 0.171 e. The molecule has 2 aromatic carbocycles. The molecular formula is C15H14FN3S. The minimum Gasteiger partial charge on any atom is -0.333 e. The SMILES string of the molecule is NCCc1cc(F)ccc1Sc1nc2ccccc2[nH]1. The molecule has 0 bridgehead atoms. The molecule has 3 rings (SSSR count). The Balaban J connectivity index is 1.93. The Morgan fingerprint density at radius 3 is 2.85 bits per heavy atom. The van der Waals surface area contributed by atoms with Crippen molar-refractivity contribution in [1.29, 1.82) is 0 Å². The first-order valence-electron chi connectivity index (χ1n) is 6.37. The van der Waals surface area contributed by atoms with Crippen LogP contribution in [0.4, 0.5) is 4.39 Å². The second-order valence-corrected chi connectivity index (χ2v) is 5.48. The molecule has 3 aromatic rings. The topological polar surface area (TPSA) is 54.7 Å². The third-order valence-corrected chi connectivity index (χ3v) is 4.02. The third-order valence-electron chi connectivity index (χ3n) is 3.01. The van der Waals surface area contributed by atoms with Crippen molar-refractivity contribution >= 4 is 22.8 Å². The van der Waals surface area contributed by atoms with E-state index >= 15 is 0 Å². The van der Waals surface area contributed by atoms with E-state index in [4.69, 9.17) is 5.73 Å². The largest absolute Gasteiger partial charge is 0.333 e. The molecule has 0 aliphatic heterocycles. The van der Waals surface area contributed by atoms with Crippen LogP contribution in [0.15, 0.2) is 52.5 Å². The van der Waals surface area contributed by atoms with Gasteiger partial charge in [-0.05, 0) is 48.9 Å². The van der Waals surface area contributed by atoms with E-state index in [1.54, 1.807) is 6.07 Å². The minimum atomic E-state index is -0.234. The van der Waals surface area contributed by atoms with Crippen LogP contribution in [0.2, 0.25) is 0 Å². The third kappa shape index (κ3) is 2.69. The molecule has 0 aliphatic carbocycles. The van der Waals surface area contributed by atoms with Crippen molar-refractivity contribution in [1.82, 2.24) is 9.97 Å². The summed E-state index contributed by atoms with van der Waals surface area (Å²) in [4.78, 5) is 8.75. The van der Waals surface area contributed by atoms with Crippen LogP contribution in [-0.2, 0) is 6.42 Å². The van der Waals surface area contributed by atoms with E-state index in [-0.39, 0.29) is 5.82 Å². The summed E-state index contributed by atoms with van der Waals surface area (Å²) in [5.74, 6) is -0.234. The van der Waals surface area contributed by atoms with Gasteiger partial charge in [0.2, 0.25) is 0 Å². The number of nitrogens with zero attached hydrogens (tertiary/aromatic N) is 1. The average molecular weight is 287 g/mol. The molecule has 0 atom stereocenters. The molecule has 0 saturated heterocycles. The van der Waals surface area contributed by atoms with Crippen molar-refractivity contribution in [3.8, 4) is 0 Å². The second kappa shape index (κ2) is 5.64. The monoisotopic (exact) mass is 287 g/mol. The fourth-order valence-electron chi connectivity index (χ4n) is 2.08. The number of aromatic nitrogens is 2. The normalized spacial score (nSPS) is 11.1. The fraction of sp³-hybridized carbons (Fsp3) is 0.133. The van der Waals surface area contributed by atoms with Crippen molar-refractivity contribution in [3.63, 3.8) is 0 Å². The summed E-state index contributed by atoms with van der Waals surface area (Å²) >= 11 is 1.50. The Kier molecular flexibility index (Phi) is 3.71. The first kappa shape index (κ1) is 13.1. The number of nitrogens with two attached hydrogens (primary N) is 1. The van der Waals surface area contributed by atoms with Crippen molar-refractivity contribution in [3.05, 3.63) is 53.8 Å². The Bertz CT molecular complexity index is 706. The highest BCUT2D eigenvalue weighted by Crippen LogP contribution is 2.30. The van der Waals surface area contributed by atoms with Crippen LogP contribution in [0.1, 0.15) is 5.56 Å². The molecule has 102 valence electrons. The van der Waals surface area contributed by atoms with E-state index in [0.29, 0.717) is 13.0 Å². The number of imidazole rings is 1. The first-order chi connectivity index (χ1) is 9.76. The second-order valence-electron chi connectivity index (χ2n) is 4.45. The number of rotatable bonds is 4. The maximum absolute atomic E-state index is 13.3. The molecule has 0 radical (unpaired) electrons. The van der Waals surface area contributed by atoms with Crippen molar-refractivity contribution < 1.29 is 4.39 Å². The Morgan fingerprint density at radius 1 is 1.20 bits per heavy atom. The van der Waals surface area contributed by atoms with Crippen molar-refractivity contribution in [2.24, 2.45) is 5.73 Å². The molecule has 0 saturated carbocycles. The van der Waals surface area contributed by atoms with E-state index in [0.717, 1.165) is 26.6 Å². The van der Waals surface area contributed by atoms with Crippen LogP contribution in [0.3, 0.4) is 0 Å². The molecule has 5 heteroatoms. The molecule has 20 heavy (non-hydrogen) atoms. The highest BCUT2D eigenvalue weighted by molar-refractivity contribution is 7.99. The number of H-pyrrole nitrogens is 1. The predicted molar refractivity (Wildman–Crippen MR) is 79.4 cm³/mol. The van der Waals surface area contributed by atoms with Gasteiger partial charge < -0.3 is 10.7 Å². The zero-order valence-electron chi connectivity index (χ0n) is 10.8. The molecule has 0 amide bonds. The number of benzene rings is 2. The number of nitrogens with one attached hydrogen (secondary N) is 1. The average Bonchev–Trinajstić information content (AvgIpc) is 2.84. The zero-order valence-corrected chi connectivity index (χ0v) is 11.6. The Hall–Kier alpha value is -1.85. The lowest BCUT2D eigenvalue weighted by Crippen LogP contribution is -2.04. The number of hydrogen-bond acceptors (Lipinski definition) is 3. The van der Waals surface area contributed by atoms with Crippen LogP contribution in [-0.4, -0.2) is 16.5 Å². The van der Waals surface area contributed by atoms with Gasteiger partial charge >= 0.3 is 0 Å². The maximum Gasteiger partial charge on any atom is 0.171 e. The molecule has 0 unspecified atom stereocenters. The molecule has 3 N–H and O–H groups in total. The summed E-state index contributed by atoms with van der Waals surface area (Å²) in [6, 6.07) is 12.6. The fourth-order valence-corrected chi connectivity index (χ4v) is 3.02. The summed E-state index contributed by atoms with van der Waals surface area (Å²) in [7, 11) is 0. The van der Waals surface area contributed by atoms with Crippen LogP contribution in [0, 0.1) is 5.82 Å². The molecular weight excluding hydrogens is 273 g/mol. The van der Waals surface area contributed by atoms with Gasteiger partial charge in [-0.1, -0.05) is 23.9 Å². The lowest BCUT2D eigenvalue weighted by Gasteiger charge is -2.06. The standard InChI is InChI=1S/C15H14FN3S/c16-11-5-6-14(10(9-11)7-8-17)20-15-18-12-3-1-2-4-13(12)19-15/h1-6,9H,7-8,17H2,(H,18,19). The lowest BCUT2D eigenvalue weighted by molar-refractivity contribution is 0.623. The Morgan fingerprint density at radius 2 is 2.05 bits per heavy atom. The van der Waals surface area contributed by atoms with Gasteiger partial charge in [0.1, 0.15) is 5.82 Å². The van der Waals surface area contributed by atoms with Crippen LogP contribution in [0.25, 0.3) is 11.0 Å². The number of para-hydroxylation sites is 2. The molecule has 0 aliphatic rings. The van der Waals surface area contributed by atoms with Gasteiger partial charge in [-0.25, -0.2) is 9.37 Å². The van der Waals surface area contributed by atoms with E-state index in [1.165, 1.54) is 23.9 Å². The van der Waals surface area contributed by atoms with Crippen LogP contribution in [0.5, 0.6) is 0 Å². The van der Waals surface area contributed by atoms with Gasteiger partial charge in [-0.15, -0.1) is 0 Å². The minimum absolute atomic E-state index is 0.234. The first-order valence-corrected chi connectivity index (χ1v) is 7.19. The summed E-state index contributed by atoms with van der Waals surface area (Å²) in [6.07, 6.45) is 0.653. The van der Waals surface area contributed by atoms with Crippen molar-refractivity contribution in [2.75, 3.05) is 6.54 Å². The van der Waals surface area contributed by atoms with Crippen LogP contribution >= 0.6 is 11.8 Å².